The van der Waals surface area contributed by atoms with Crippen molar-refractivity contribution in [3.8, 4) is 0 Å². The standard InChI is InChI=1S/C21H21ClFNO4/c1-12(28-19(26)16-11-14(22)7-10-17(16)23)18(25)13-5-8-15(9-6-13)24-20(27)21(2,3)4/h5-12H,1-4H3,(H,24,27). The number of hydrogen-bond acceptors (Lipinski definition) is 4. The van der Waals surface area contributed by atoms with Gasteiger partial charge in [0.05, 0.1) is 5.56 Å². The van der Waals surface area contributed by atoms with Crippen molar-refractivity contribution in [2.24, 2.45) is 5.41 Å². The van der Waals surface area contributed by atoms with Gasteiger partial charge in [0.1, 0.15) is 5.82 Å². The SMILES string of the molecule is CC(OC(=O)c1cc(Cl)ccc1F)C(=O)c1ccc(NC(=O)C(C)(C)C)cc1. The molecule has 0 fully saturated rings. The van der Waals surface area contributed by atoms with Gasteiger partial charge in [0.25, 0.3) is 0 Å². The molecule has 1 amide bonds. The molecule has 0 aliphatic rings. The van der Waals surface area contributed by atoms with Gasteiger partial charge in [-0.2, -0.15) is 0 Å². The number of Topliss-reactive ketones (excluding diaryl/α,β-unsaturated/α-hetero) is 1. The Morgan fingerprint density at radius 1 is 1.07 bits per heavy atom. The molecule has 2 aromatic rings. The molecule has 1 N–H and O–H groups in total. The van der Waals surface area contributed by atoms with Gasteiger partial charge in [-0.25, -0.2) is 9.18 Å². The monoisotopic (exact) mass is 405 g/mol. The fourth-order valence-electron chi connectivity index (χ4n) is 2.20. The molecule has 0 aromatic heterocycles. The highest BCUT2D eigenvalue weighted by molar-refractivity contribution is 6.30. The Morgan fingerprint density at radius 3 is 2.25 bits per heavy atom. The summed E-state index contributed by atoms with van der Waals surface area (Å²) in [6.07, 6.45) is -1.12. The number of anilines is 1. The van der Waals surface area contributed by atoms with Crippen molar-refractivity contribution in [3.63, 3.8) is 0 Å². The van der Waals surface area contributed by atoms with Gasteiger partial charge in [0.2, 0.25) is 11.7 Å². The molecule has 2 aromatic carbocycles. The molecular formula is C21H21ClFNO4. The third-order valence-electron chi connectivity index (χ3n) is 3.91. The van der Waals surface area contributed by atoms with Crippen molar-refractivity contribution in [2.45, 2.75) is 33.8 Å². The molecule has 0 spiro atoms. The zero-order valence-electron chi connectivity index (χ0n) is 16.0. The zero-order chi connectivity index (χ0) is 21.1. The summed E-state index contributed by atoms with van der Waals surface area (Å²) in [7, 11) is 0. The van der Waals surface area contributed by atoms with Gasteiger partial charge in [-0.05, 0) is 49.4 Å². The average Bonchev–Trinajstić information content (AvgIpc) is 2.62. The number of carbonyl (C=O) groups is 3. The van der Waals surface area contributed by atoms with E-state index in [-0.39, 0.29) is 16.5 Å². The van der Waals surface area contributed by atoms with Crippen LogP contribution in [0.25, 0.3) is 0 Å². The molecule has 148 valence electrons. The van der Waals surface area contributed by atoms with E-state index in [1.165, 1.54) is 25.1 Å². The predicted molar refractivity (Wildman–Crippen MR) is 105 cm³/mol. The van der Waals surface area contributed by atoms with Gasteiger partial charge < -0.3 is 10.1 Å². The number of ketones is 1. The van der Waals surface area contributed by atoms with E-state index in [0.717, 1.165) is 12.1 Å². The summed E-state index contributed by atoms with van der Waals surface area (Å²) in [5.74, 6) is -2.37. The van der Waals surface area contributed by atoms with Crippen LogP contribution in [-0.2, 0) is 9.53 Å². The minimum atomic E-state index is -1.12. The first kappa shape index (κ1) is 21.6. The Hall–Kier alpha value is -2.73. The molecule has 0 saturated carbocycles. The maximum Gasteiger partial charge on any atom is 0.341 e. The molecule has 28 heavy (non-hydrogen) atoms. The minimum absolute atomic E-state index is 0.155. The van der Waals surface area contributed by atoms with Crippen molar-refractivity contribution in [3.05, 3.63) is 64.4 Å². The fraction of sp³-hybridized carbons (Fsp3) is 0.286. The van der Waals surface area contributed by atoms with Crippen LogP contribution in [-0.4, -0.2) is 23.8 Å². The molecule has 0 saturated heterocycles. The number of benzene rings is 2. The highest BCUT2D eigenvalue weighted by atomic mass is 35.5. The lowest BCUT2D eigenvalue weighted by Crippen LogP contribution is -2.27. The first-order chi connectivity index (χ1) is 13.0. The van der Waals surface area contributed by atoms with Crippen molar-refractivity contribution in [2.75, 3.05) is 5.32 Å². The quantitative estimate of drug-likeness (QED) is 0.567. The van der Waals surface area contributed by atoms with Crippen LogP contribution < -0.4 is 5.32 Å². The number of esters is 1. The van der Waals surface area contributed by atoms with E-state index in [4.69, 9.17) is 16.3 Å². The van der Waals surface area contributed by atoms with Crippen LogP contribution in [0.1, 0.15) is 48.4 Å². The van der Waals surface area contributed by atoms with Crippen molar-refractivity contribution >= 4 is 34.9 Å². The van der Waals surface area contributed by atoms with E-state index in [0.29, 0.717) is 11.3 Å². The number of ether oxygens (including phenoxy) is 1. The first-order valence-electron chi connectivity index (χ1n) is 8.61. The van der Waals surface area contributed by atoms with Crippen LogP contribution in [0.15, 0.2) is 42.5 Å². The second-order valence-electron chi connectivity index (χ2n) is 7.32. The Kier molecular flexibility index (Phi) is 6.56. The lowest BCUT2D eigenvalue weighted by atomic mass is 9.95. The van der Waals surface area contributed by atoms with Gasteiger partial charge in [-0.3, -0.25) is 9.59 Å². The van der Waals surface area contributed by atoms with Gasteiger partial charge >= 0.3 is 5.97 Å². The second-order valence-corrected chi connectivity index (χ2v) is 7.75. The molecule has 1 unspecified atom stereocenters. The van der Waals surface area contributed by atoms with Crippen LogP contribution in [0, 0.1) is 11.2 Å². The topological polar surface area (TPSA) is 72.5 Å². The Morgan fingerprint density at radius 2 is 1.68 bits per heavy atom. The summed E-state index contributed by atoms with van der Waals surface area (Å²) < 4.78 is 18.8. The summed E-state index contributed by atoms with van der Waals surface area (Å²) in [6.45, 7) is 6.77. The lowest BCUT2D eigenvalue weighted by molar-refractivity contribution is -0.123. The summed E-state index contributed by atoms with van der Waals surface area (Å²) >= 11 is 5.76. The molecule has 0 aliphatic carbocycles. The fourth-order valence-corrected chi connectivity index (χ4v) is 2.37. The van der Waals surface area contributed by atoms with E-state index in [9.17, 15) is 18.8 Å². The number of carbonyl (C=O) groups excluding carboxylic acids is 3. The number of rotatable bonds is 5. The molecule has 0 radical (unpaired) electrons. The molecule has 0 aliphatic heterocycles. The van der Waals surface area contributed by atoms with E-state index in [1.807, 2.05) is 0 Å². The smallest absolute Gasteiger partial charge is 0.341 e. The van der Waals surface area contributed by atoms with Gasteiger partial charge in [0, 0.05) is 21.7 Å². The molecule has 1 atom stereocenters. The zero-order valence-corrected chi connectivity index (χ0v) is 16.8. The largest absolute Gasteiger partial charge is 0.451 e. The lowest BCUT2D eigenvalue weighted by Gasteiger charge is -2.18. The van der Waals surface area contributed by atoms with Crippen LogP contribution in [0.3, 0.4) is 0 Å². The second kappa shape index (κ2) is 8.52. The third kappa shape index (κ3) is 5.39. The van der Waals surface area contributed by atoms with Crippen LogP contribution in [0.5, 0.6) is 0 Å². The van der Waals surface area contributed by atoms with E-state index in [2.05, 4.69) is 5.32 Å². The molecule has 2 rings (SSSR count). The molecule has 0 heterocycles. The van der Waals surface area contributed by atoms with Crippen molar-refractivity contribution in [1.82, 2.24) is 0 Å². The van der Waals surface area contributed by atoms with Gasteiger partial charge in [0.15, 0.2) is 6.10 Å². The number of amides is 1. The van der Waals surface area contributed by atoms with E-state index >= 15 is 0 Å². The number of halogens is 2. The summed E-state index contributed by atoms with van der Waals surface area (Å²) in [6, 6.07) is 9.71. The summed E-state index contributed by atoms with van der Waals surface area (Å²) in [4.78, 5) is 36.6. The highest BCUT2D eigenvalue weighted by Crippen LogP contribution is 2.20. The van der Waals surface area contributed by atoms with Gasteiger partial charge in [-0.1, -0.05) is 32.4 Å². The normalized spacial score (nSPS) is 12.2. The molecular weight excluding hydrogens is 385 g/mol. The maximum atomic E-state index is 13.7. The summed E-state index contributed by atoms with van der Waals surface area (Å²) in [5.41, 5.74) is -0.0533. The first-order valence-corrected chi connectivity index (χ1v) is 8.98. The van der Waals surface area contributed by atoms with Gasteiger partial charge in [-0.15, -0.1) is 0 Å². The maximum absolute atomic E-state index is 13.7. The predicted octanol–water partition coefficient (Wildman–Crippen LogP) is 4.89. The Labute approximate surface area is 167 Å². The number of hydrogen-bond donors (Lipinski definition) is 1. The van der Waals surface area contributed by atoms with Crippen molar-refractivity contribution < 1.29 is 23.5 Å². The third-order valence-corrected chi connectivity index (χ3v) is 4.14. The average molecular weight is 406 g/mol. The Balaban J connectivity index is 2.05. The van der Waals surface area contributed by atoms with Crippen LogP contribution in [0.4, 0.5) is 10.1 Å². The molecule has 7 heteroatoms. The summed E-state index contributed by atoms with van der Waals surface area (Å²) in [5, 5.41) is 2.93. The van der Waals surface area contributed by atoms with Crippen LogP contribution in [0.2, 0.25) is 5.02 Å². The molecule has 5 nitrogen and oxygen atoms in total. The highest BCUT2D eigenvalue weighted by Gasteiger charge is 2.23. The molecule has 0 bridgehead atoms. The number of nitrogens with one attached hydrogen (secondary N) is 1. The van der Waals surface area contributed by atoms with Crippen molar-refractivity contribution in [1.29, 1.82) is 0 Å². The van der Waals surface area contributed by atoms with E-state index < -0.39 is 29.1 Å². The Bertz CT molecular complexity index is 904. The van der Waals surface area contributed by atoms with E-state index in [1.54, 1.807) is 32.9 Å². The van der Waals surface area contributed by atoms with Crippen LogP contribution >= 0.6 is 11.6 Å². The minimum Gasteiger partial charge on any atom is -0.451 e.